The predicted octanol–water partition coefficient (Wildman–Crippen LogP) is 3.47. The van der Waals surface area contributed by atoms with Crippen LogP contribution in [0.5, 0.6) is 0 Å². The van der Waals surface area contributed by atoms with Crippen LogP contribution in [-0.4, -0.2) is 86.5 Å². The summed E-state index contributed by atoms with van der Waals surface area (Å²) in [4.78, 5) is 42.5. The van der Waals surface area contributed by atoms with Crippen LogP contribution in [0.3, 0.4) is 0 Å². The molecule has 7 heterocycles. The molecule has 0 radical (unpaired) electrons. The molecule has 0 saturated carbocycles. The zero-order valence-corrected chi connectivity index (χ0v) is 27.9. The summed E-state index contributed by atoms with van der Waals surface area (Å²) < 4.78 is 24.3. The number of rotatable bonds is 7. The molecule has 1 amide bonds. The number of pyridine rings is 3. The molecule has 4 aromatic heterocycles. The number of ether oxygens (including phenoxy) is 1. The van der Waals surface area contributed by atoms with Crippen LogP contribution in [0, 0.1) is 5.82 Å². The number of nitrogens with zero attached hydrogens (tertiary/aromatic N) is 7. The number of halogens is 1. The summed E-state index contributed by atoms with van der Waals surface area (Å²) in [6.07, 6.45) is 8.40. The van der Waals surface area contributed by atoms with Gasteiger partial charge in [0.05, 0.1) is 37.7 Å². The minimum absolute atomic E-state index is 0.0711. The summed E-state index contributed by atoms with van der Waals surface area (Å²) in [5.74, 6) is -0.0796. The SMILES string of the molecule is CC1CN(C2COC2)CCN1c1ccc(Nc2cc(-c3ccnc(N4CCn5c6c(c(F)c5C4=O)CCCC6)c3CO)cn(C)c2=O)nc1. The first-order chi connectivity index (χ1) is 23.8. The molecule has 0 spiro atoms. The highest BCUT2D eigenvalue weighted by Crippen LogP contribution is 2.36. The van der Waals surface area contributed by atoms with Gasteiger partial charge in [0, 0.05) is 80.6 Å². The van der Waals surface area contributed by atoms with Crippen molar-refractivity contribution in [2.45, 2.75) is 57.8 Å². The van der Waals surface area contributed by atoms with E-state index in [0.717, 1.165) is 63.5 Å². The van der Waals surface area contributed by atoms with Crippen molar-refractivity contribution >= 4 is 28.9 Å². The molecule has 2 fully saturated rings. The number of aliphatic hydroxyl groups is 1. The number of aliphatic hydroxyl groups excluding tert-OH is 1. The number of carbonyl (C=O) groups is 1. The van der Waals surface area contributed by atoms with E-state index in [1.165, 1.54) is 9.47 Å². The van der Waals surface area contributed by atoms with Crippen LogP contribution >= 0.6 is 0 Å². The van der Waals surface area contributed by atoms with Gasteiger partial charge in [0.25, 0.3) is 11.5 Å². The highest BCUT2D eigenvalue weighted by atomic mass is 19.1. The van der Waals surface area contributed by atoms with Gasteiger partial charge >= 0.3 is 0 Å². The predicted molar refractivity (Wildman–Crippen MR) is 184 cm³/mol. The summed E-state index contributed by atoms with van der Waals surface area (Å²) in [7, 11) is 1.66. The van der Waals surface area contributed by atoms with Crippen molar-refractivity contribution in [3.63, 3.8) is 0 Å². The third-order valence-corrected chi connectivity index (χ3v) is 10.6. The Morgan fingerprint density at radius 2 is 1.90 bits per heavy atom. The number of nitrogens with one attached hydrogen (secondary N) is 1. The Morgan fingerprint density at radius 1 is 1.06 bits per heavy atom. The fourth-order valence-corrected chi connectivity index (χ4v) is 7.90. The van der Waals surface area contributed by atoms with Crippen LogP contribution in [0.4, 0.5) is 27.4 Å². The molecular weight excluding hydrogens is 627 g/mol. The Kier molecular flexibility index (Phi) is 8.21. The van der Waals surface area contributed by atoms with Crippen LogP contribution in [0.1, 0.15) is 47.1 Å². The van der Waals surface area contributed by atoms with E-state index in [1.54, 1.807) is 31.6 Å². The lowest BCUT2D eigenvalue weighted by Gasteiger charge is -2.46. The van der Waals surface area contributed by atoms with Gasteiger partial charge in [-0.1, -0.05) is 0 Å². The maximum atomic E-state index is 15.6. The number of fused-ring (bicyclic) bond motifs is 3. The Hall–Kier alpha value is -4.59. The molecule has 12 nitrogen and oxygen atoms in total. The Morgan fingerprint density at radius 3 is 2.63 bits per heavy atom. The Bertz CT molecular complexity index is 1970. The topological polar surface area (TPSA) is 121 Å². The molecule has 13 heteroatoms. The molecule has 4 aliphatic rings. The number of piperazine rings is 1. The van der Waals surface area contributed by atoms with Crippen molar-refractivity contribution in [3.8, 4) is 11.1 Å². The van der Waals surface area contributed by atoms with Gasteiger partial charge in [0.15, 0.2) is 5.82 Å². The second-order valence-corrected chi connectivity index (χ2v) is 13.5. The van der Waals surface area contributed by atoms with Gasteiger partial charge in [-0.15, -0.1) is 0 Å². The first-order valence-corrected chi connectivity index (χ1v) is 17.1. The van der Waals surface area contributed by atoms with Gasteiger partial charge in [0.1, 0.15) is 23.0 Å². The number of hydrogen-bond donors (Lipinski definition) is 2. The largest absolute Gasteiger partial charge is 0.392 e. The van der Waals surface area contributed by atoms with Gasteiger partial charge in [0.2, 0.25) is 0 Å². The molecule has 4 aromatic rings. The molecule has 2 saturated heterocycles. The summed E-state index contributed by atoms with van der Waals surface area (Å²) in [6, 6.07) is 8.22. The minimum atomic E-state index is -0.459. The summed E-state index contributed by atoms with van der Waals surface area (Å²) in [5.41, 5.74) is 4.43. The lowest BCUT2D eigenvalue weighted by Crippen LogP contribution is -2.59. The monoisotopic (exact) mass is 668 g/mol. The van der Waals surface area contributed by atoms with Crippen molar-refractivity contribution in [3.05, 3.63) is 81.5 Å². The second kappa shape index (κ2) is 12.7. The fraction of sp³-hybridized carbons (Fsp3) is 0.444. The number of carbonyl (C=O) groups excluding carboxylic acids is 1. The summed E-state index contributed by atoms with van der Waals surface area (Å²) >= 11 is 0. The lowest BCUT2D eigenvalue weighted by atomic mass is 9.97. The van der Waals surface area contributed by atoms with Crippen LogP contribution in [-0.2, 0) is 37.8 Å². The number of anilines is 4. The van der Waals surface area contributed by atoms with Crippen molar-refractivity contribution < 1.29 is 19.0 Å². The van der Waals surface area contributed by atoms with Gasteiger partial charge in [-0.2, -0.15) is 0 Å². The second-order valence-electron chi connectivity index (χ2n) is 13.5. The molecule has 256 valence electrons. The van der Waals surface area contributed by atoms with E-state index in [0.29, 0.717) is 65.4 Å². The van der Waals surface area contributed by atoms with Gasteiger partial charge in [-0.25, -0.2) is 14.4 Å². The Labute approximate surface area is 283 Å². The zero-order valence-electron chi connectivity index (χ0n) is 27.9. The maximum absolute atomic E-state index is 15.6. The average molecular weight is 669 g/mol. The van der Waals surface area contributed by atoms with Crippen LogP contribution < -0.4 is 20.7 Å². The highest BCUT2D eigenvalue weighted by molar-refractivity contribution is 6.06. The van der Waals surface area contributed by atoms with Crippen molar-refractivity contribution in [2.24, 2.45) is 7.05 Å². The van der Waals surface area contributed by atoms with E-state index in [2.05, 4.69) is 32.0 Å². The summed E-state index contributed by atoms with van der Waals surface area (Å²) in [5, 5.41) is 13.8. The third-order valence-electron chi connectivity index (χ3n) is 10.6. The fourth-order valence-electron chi connectivity index (χ4n) is 7.90. The number of amides is 1. The van der Waals surface area contributed by atoms with Crippen molar-refractivity contribution in [1.82, 2.24) is 24.0 Å². The molecule has 49 heavy (non-hydrogen) atoms. The number of aryl methyl sites for hydroxylation is 1. The lowest BCUT2D eigenvalue weighted by molar-refractivity contribution is -0.0691. The van der Waals surface area contributed by atoms with E-state index in [9.17, 15) is 14.7 Å². The van der Waals surface area contributed by atoms with Crippen LogP contribution in [0.2, 0.25) is 0 Å². The molecular formula is C36H41FN8O4. The van der Waals surface area contributed by atoms with E-state index in [4.69, 9.17) is 4.74 Å². The average Bonchev–Trinajstić information content (AvgIpc) is 3.38. The molecule has 1 aliphatic carbocycles. The van der Waals surface area contributed by atoms with E-state index >= 15 is 4.39 Å². The van der Waals surface area contributed by atoms with Crippen LogP contribution in [0.25, 0.3) is 11.1 Å². The molecule has 0 aromatic carbocycles. The molecule has 8 rings (SSSR count). The molecule has 1 atom stereocenters. The highest BCUT2D eigenvalue weighted by Gasteiger charge is 2.37. The smallest absolute Gasteiger partial charge is 0.279 e. The number of aromatic nitrogens is 4. The normalized spacial score (nSPS) is 19.8. The Balaban J connectivity index is 1.05. The first-order valence-electron chi connectivity index (χ1n) is 17.1. The molecule has 1 unspecified atom stereocenters. The standard InChI is InChI=1S/C36H41FN8O4/c1-22-17-42(25-20-49-21-25)11-12-43(22)24-7-8-31(39-16-24)40-29-15-23(18-41(2)35(29)47)26-9-10-38-34(28(26)19-46)45-14-13-44-30-6-4-3-5-27(30)32(37)33(44)36(45)48/h7-10,15-16,18,22,25,46H,3-6,11-14,17,19-21H2,1-2H3,(H,39,40). The summed E-state index contributed by atoms with van der Waals surface area (Å²) in [6.45, 7) is 7.07. The molecule has 2 N–H and O–H groups in total. The third kappa shape index (κ3) is 5.49. The van der Waals surface area contributed by atoms with E-state index in [1.807, 2.05) is 22.9 Å². The van der Waals surface area contributed by atoms with E-state index < -0.39 is 18.3 Å². The van der Waals surface area contributed by atoms with Crippen molar-refractivity contribution in [1.29, 1.82) is 0 Å². The van der Waals surface area contributed by atoms with Gasteiger partial charge in [-0.3, -0.25) is 19.4 Å². The van der Waals surface area contributed by atoms with Crippen LogP contribution in [0.15, 0.2) is 47.7 Å². The number of hydrogen-bond acceptors (Lipinski definition) is 9. The molecule has 0 bridgehead atoms. The van der Waals surface area contributed by atoms with Crippen molar-refractivity contribution in [2.75, 3.05) is 54.5 Å². The van der Waals surface area contributed by atoms with Gasteiger partial charge in [-0.05, 0) is 62.4 Å². The first kappa shape index (κ1) is 31.7. The minimum Gasteiger partial charge on any atom is -0.392 e. The van der Waals surface area contributed by atoms with E-state index in [-0.39, 0.29) is 17.1 Å². The maximum Gasteiger partial charge on any atom is 0.279 e. The molecule has 3 aliphatic heterocycles. The zero-order chi connectivity index (χ0) is 33.8. The quantitative estimate of drug-likeness (QED) is 0.305. The van der Waals surface area contributed by atoms with Gasteiger partial charge < -0.3 is 29.2 Å².